The van der Waals surface area contributed by atoms with Gasteiger partial charge in [0.05, 0.1) is 4.92 Å². The van der Waals surface area contributed by atoms with Gasteiger partial charge in [-0.2, -0.15) is 11.8 Å². The number of rotatable bonds is 3. The van der Waals surface area contributed by atoms with Crippen molar-refractivity contribution in [1.82, 2.24) is 0 Å². The number of nitro groups is 1. The molecule has 1 atom stereocenters. The summed E-state index contributed by atoms with van der Waals surface area (Å²) in [5.41, 5.74) is 1.02. The van der Waals surface area contributed by atoms with E-state index in [4.69, 9.17) is 0 Å². The highest BCUT2D eigenvalue weighted by Crippen LogP contribution is 2.36. The minimum atomic E-state index is -0.339. The zero-order valence-corrected chi connectivity index (χ0v) is 13.4. The topological polar surface area (TPSA) is 55.2 Å². The molecule has 0 spiro atoms. The van der Waals surface area contributed by atoms with E-state index in [1.54, 1.807) is 12.1 Å². The zero-order valence-electron chi connectivity index (χ0n) is 11.0. The number of nitrogens with zero attached hydrogens (tertiary/aromatic N) is 1. The number of hydrogen-bond acceptors (Lipinski definition) is 4. The lowest BCUT2D eigenvalue weighted by molar-refractivity contribution is -0.384. The summed E-state index contributed by atoms with van der Waals surface area (Å²) in [5, 5.41) is 14.4. The van der Waals surface area contributed by atoms with Crippen molar-refractivity contribution in [2.45, 2.75) is 26.3 Å². The molecule has 0 amide bonds. The molecule has 0 aliphatic carbocycles. The van der Waals surface area contributed by atoms with Gasteiger partial charge in [-0.3, -0.25) is 10.1 Å². The largest absolute Gasteiger partial charge is 0.376 e. The maximum absolute atomic E-state index is 11.1. The van der Waals surface area contributed by atoms with Crippen LogP contribution in [0, 0.1) is 15.5 Å². The molecule has 0 radical (unpaired) electrons. The van der Waals surface area contributed by atoms with E-state index in [9.17, 15) is 10.1 Å². The molecule has 19 heavy (non-hydrogen) atoms. The number of nitrogens with one attached hydrogen (secondary N) is 1. The molecule has 0 bridgehead atoms. The standard InChI is InChI=1S/C13H17BrN2O2S/c1-13(2)6-10(7-19-8-13)15-11-4-3-9(14)5-12(11)16(17)18/h3-5,10,15H,6-8H2,1-2H3. The molecule has 6 heteroatoms. The molecule has 4 nitrogen and oxygen atoms in total. The van der Waals surface area contributed by atoms with Gasteiger partial charge in [0, 0.05) is 22.3 Å². The molecule has 1 aromatic carbocycles. The van der Waals surface area contributed by atoms with Crippen molar-refractivity contribution < 1.29 is 4.92 Å². The summed E-state index contributed by atoms with van der Waals surface area (Å²) in [6.07, 6.45) is 1.03. The Bertz CT molecular complexity index is 494. The average Bonchev–Trinajstić information content (AvgIpc) is 2.30. The third-order valence-corrected chi connectivity index (χ3v) is 5.24. The summed E-state index contributed by atoms with van der Waals surface area (Å²) in [4.78, 5) is 10.7. The number of nitro benzene ring substituents is 1. The molecule has 104 valence electrons. The second-order valence-electron chi connectivity index (χ2n) is 5.64. The molecule has 1 aliphatic rings. The van der Waals surface area contributed by atoms with Crippen molar-refractivity contribution in [3.63, 3.8) is 0 Å². The Labute approximate surface area is 125 Å². The number of thioether (sulfide) groups is 1. The lowest BCUT2D eigenvalue weighted by atomic mass is 9.87. The predicted octanol–water partition coefficient (Wildman–Crippen LogP) is 4.30. The molecule has 0 saturated carbocycles. The first-order chi connectivity index (χ1) is 8.87. The van der Waals surface area contributed by atoms with Crippen LogP contribution in [0.3, 0.4) is 0 Å². The van der Waals surface area contributed by atoms with Crippen molar-refractivity contribution in [2.24, 2.45) is 5.41 Å². The Hall–Kier alpha value is -0.750. The van der Waals surface area contributed by atoms with Crippen LogP contribution in [-0.4, -0.2) is 22.5 Å². The average molecular weight is 345 g/mol. The molecule has 1 aromatic rings. The van der Waals surface area contributed by atoms with Gasteiger partial charge >= 0.3 is 0 Å². The van der Waals surface area contributed by atoms with Gasteiger partial charge in [-0.25, -0.2) is 0 Å². The molecule has 1 heterocycles. The Balaban J connectivity index is 2.17. The fraction of sp³-hybridized carbons (Fsp3) is 0.538. The van der Waals surface area contributed by atoms with Crippen LogP contribution in [-0.2, 0) is 0 Å². The zero-order chi connectivity index (χ0) is 14.0. The minimum Gasteiger partial charge on any atom is -0.376 e. The lowest BCUT2D eigenvalue weighted by Crippen LogP contribution is -2.35. The summed E-state index contributed by atoms with van der Waals surface area (Å²) >= 11 is 5.18. The van der Waals surface area contributed by atoms with Gasteiger partial charge in [-0.05, 0) is 29.7 Å². The van der Waals surface area contributed by atoms with Gasteiger partial charge in [0.1, 0.15) is 5.69 Å². The van der Waals surface area contributed by atoms with Crippen molar-refractivity contribution in [3.8, 4) is 0 Å². The highest BCUT2D eigenvalue weighted by atomic mass is 79.9. The summed E-state index contributed by atoms with van der Waals surface area (Å²) < 4.78 is 0.725. The quantitative estimate of drug-likeness (QED) is 0.655. The second kappa shape index (κ2) is 5.71. The monoisotopic (exact) mass is 344 g/mol. The van der Waals surface area contributed by atoms with E-state index in [1.807, 2.05) is 17.8 Å². The summed E-state index contributed by atoms with van der Waals surface area (Å²) in [5.74, 6) is 2.14. The van der Waals surface area contributed by atoms with Gasteiger partial charge in [-0.15, -0.1) is 0 Å². The maximum Gasteiger partial charge on any atom is 0.293 e. The van der Waals surface area contributed by atoms with Crippen molar-refractivity contribution >= 4 is 39.1 Å². The Morgan fingerprint density at radius 2 is 2.26 bits per heavy atom. The van der Waals surface area contributed by atoms with Crippen LogP contribution >= 0.6 is 27.7 Å². The Morgan fingerprint density at radius 1 is 1.53 bits per heavy atom. The first-order valence-corrected chi connectivity index (χ1v) is 8.10. The first kappa shape index (κ1) is 14.7. The molecular formula is C13H17BrN2O2S. The molecule has 1 aliphatic heterocycles. The number of benzene rings is 1. The minimum absolute atomic E-state index is 0.128. The molecule has 1 fully saturated rings. The fourth-order valence-corrected chi connectivity index (χ4v) is 3.98. The smallest absolute Gasteiger partial charge is 0.293 e. The molecule has 1 unspecified atom stereocenters. The Morgan fingerprint density at radius 3 is 2.89 bits per heavy atom. The van der Waals surface area contributed by atoms with E-state index in [2.05, 4.69) is 35.1 Å². The van der Waals surface area contributed by atoms with E-state index in [-0.39, 0.29) is 22.1 Å². The van der Waals surface area contributed by atoms with Crippen LogP contribution in [0.4, 0.5) is 11.4 Å². The van der Waals surface area contributed by atoms with E-state index in [0.29, 0.717) is 5.69 Å². The van der Waals surface area contributed by atoms with Gasteiger partial charge in [0.2, 0.25) is 0 Å². The van der Waals surface area contributed by atoms with Crippen LogP contribution in [0.15, 0.2) is 22.7 Å². The molecular weight excluding hydrogens is 328 g/mol. The number of hydrogen-bond donors (Lipinski definition) is 1. The lowest BCUT2D eigenvalue weighted by Gasteiger charge is -2.35. The van der Waals surface area contributed by atoms with E-state index < -0.39 is 0 Å². The highest BCUT2D eigenvalue weighted by Gasteiger charge is 2.29. The fourth-order valence-electron chi connectivity index (χ4n) is 2.35. The maximum atomic E-state index is 11.1. The van der Waals surface area contributed by atoms with Crippen molar-refractivity contribution in [1.29, 1.82) is 0 Å². The van der Waals surface area contributed by atoms with Crippen LogP contribution in [0.1, 0.15) is 20.3 Å². The third kappa shape index (κ3) is 3.86. The predicted molar refractivity (Wildman–Crippen MR) is 83.9 cm³/mol. The summed E-state index contributed by atoms with van der Waals surface area (Å²) in [7, 11) is 0. The van der Waals surface area contributed by atoms with Crippen LogP contribution in [0.5, 0.6) is 0 Å². The third-order valence-electron chi connectivity index (χ3n) is 3.13. The van der Waals surface area contributed by atoms with E-state index in [0.717, 1.165) is 22.4 Å². The highest BCUT2D eigenvalue weighted by molar-refractivity contribution is 9.10. The molecule has 1 N–H and O–H groups in total. The SMILES string of the molecule is CC1(C)CSCC(Nc2ccc(Br)cc2[N+](=O)[O-])C1. The van der Waals surface area contributed by atoms with Crippen molar-refractivity contribution in [2.75, 3.05) is 16.8 Å². The van der Waals surface area contributed by atoms with Crippen LogP contribution < -0.4 is 5.32 Å². The van der Waals surface area contributed by atoms with Crippen LogP contribution in [0.25, 0.3) is 0 Å². The van der Waals surface area contributed by atoms with Gasteiger partial charge in [0.15, 0.2) is 0 Å². The number of anilines is 1. The number of halogens is 1. The molecule has 2 rings (SSSR count). The first-order valence-electron chi connectivity index (χ1n) is 6.16. The summed E-state index contributed by atoms with van der Waals surface area (Å²) in [6.45, 7) is 4.48. The van der Waals surface area contributed by atoms with E-state index in [1.165, 1.54) is 0 Å². The van der Waals surface area contributed by atoms with Gasteiger partial charge in [0.25, 0.3) is 5.69 Å². The van der Waals surface area contributed by atoms with Gasteiger partial charge in [-0.1, -0.05) is 29.8 Å². The normalized spacial score (nSPS) is 21.9. The molecule has 0 aromatic heterocycles. The summed E-state index contributed by atoms with van der Waals surface area (Å²) in [6, 6.07) is 5.43. The molecule has 1 saturated heterocycles. The van der Waals surface area contributed by atoms with E-state index >= 15 is 0 Å². The second-order valence-corrected chi connectivity index (χ2v) is 7.59. The van der Waals surface area contributed by atoms with Gasteiger partial charge < -0.3 is 5.32 Å². The van der Waals surface area contributed by atoms with Crippen molar-refractivity contribution in [3.05, 3.63) is 32.8 Å². The van der Waals surface area contributed by atoms with Crippen LogP contribution in [0.2, 0.25) is 0 Å². The Kier molecular flexibility index (Phi) is 4.40.